The molecule has 0 aliphatic carbocycles. The molecule has 0 atom stereocenters. The van der Waals surface area contributed by atoms with E-state index in [0.29, 0.717) is 24.7 Å². The van der Waals surface area contributed by atoms with Gasteiger partial charge in [-0.1, -0.05) is 36.4 Å². The molecule has 6 nitrogen and oxygen atoms in total. The van der Waals surface area contributed by atoms with Crippen molar-refractivity contribution in [1.82, 2.24) is 5.32 Å². The molecule has 0 fully saturated rings. The summed E-state index contributed by atoms with van der Waals surface area (Å²) in [5.41, 5.74) is 2.13. The van der Waals surface area contributed by atoms with Crippen molar-refractivity contribution in [1.29, 1.82) is 0 Å². The van der Waals surface area contributed by atoms with Crippen molar-refractivity contribution < 1.29 is 24.2 Å². The number of ether oxygens (including phenoxy) is 2. The Morgan fingerprint density at radius 2 is 1.78 bits per heavy atom. The topological polar surface area (TPSA) is 84.9 Å². The minimum atomic E-state index is -0.985. The molecule has 0 aliphatic heterocycles. The molecule has 1 amide bonds. The Hall–Kier alpha value is -3.02. The largest absolute Gasteiger partial charge is 0.493 e. The summed E-state index contributed by atoms with van der Waals surface area (Å²) in [6, 6.07) is 15.7. The Bertz CT molecular complexity index is 745. The van der Waals surface area contributed by atoms with Crippen LogP contribution in [0.2, 0.25) is 0 Å². The quantitative estimate of drug-likeness (QED) is 0.593. The summed E-state index contributed by atoms with van der Waals surface area (Å²) in [7, 11) is 1.58. The van der Waals surface area contributed by atoms with Gasteiger partial charge < -0.3 is 19.9 Å². The minimum absolute atomic E-state index is 0.0334. The highest BCUT2D eigenvalue weighted by atomic mass is 16.5. The van der Waals surface area contributed by atoms with Crippen LogP contribution in [0.4, 0.5) is 0 Å². The number of hydrogen-bond acceptors (Lipinski definition) is 4. The second-order valence-corrected chi connectivity index (χ2v) is 6.09. The number of amides is 1. The third-order valence-corrected chi connectivity index (χ3v) is 3.99. The summed E-state index contributed by atoms with van der Waals surface area (Å²) in [6.45, 7) is 0.864. The van der Waals surface area contributed by atoms with E-state index in [2.05, 4.69) is 17.4 Å². The predicted octanol–water partition coefficient (Wildman–Crippen LogP) is 3.19. The number of carbonyl (C=O) groups is 2. The first-order chi connectivity index (χ1) is 13.1. The average Bonchev–Trinajstić information content (AvgIpc) is 2.69. The molecule has 0 aliphatic rings. The third-order valence-electron chi connectivity index (χ3n) is 3.99. The first-order valence-electron chi connectivity index (χ1n) is 8.90. The van der Waals surface area contributed by atoms with Gasteiger partial charge in [0.25, 0.3) is 0 Å². The van der Waals surface area contributed by atoms with E-state index in [1.807, 2.05) is 30.3 Å². The SMILES string of the molecule is COc1ccc(CNC(=O)CCC(=O)O)cc1OCCCc1ccccc1. The molecule has 0 saturated carbocycles. The van der Waals surface area contributed by atoms with Crippen molar-refractivity contribution in [3.63, 3.8) is 0 Å². The maximum atomic E-state index is 11.6. The lowest BCUT2D eigenvalue weighted by Gasteiger charge is -2.13. The summed E-state index contributed by atoms with van der Waals surface area (Å²) < 4.78 is 11.2. The lowest BCUT2D eigenvalue weighted by atomic mass is 10.1. The van der Waals surface area contributed by atoms with E-state index in [9.17, 15) is 9.59 Å². The van der Waals surface area contributed by atoms with Crippen LogP contribution in [0.15, 0.2) is 48.5 Å². The molecule has 0 radical (unpaired) electrons. The summed E-state index contributed by atoms with van der Waals surface area (Å²) >= 11 is 0. The predicted molar refractivity (Wildman–Crippen MR) is 102 cm³/mol. The summed E-state index contributed by atoms with van der Waals surface area (Å²) in [5, 5.41) is 11.3. The third kappa shape index (κ3) is 7.40. The van der Waals surface area contributed by atoms with E-state index in [1.165, 1.54) is 5.56 Å². The lowest BCUT2D eigenvalue weighted by Crippen LogP contribution is -2.23. The molecule has 2 aromatic carbocycles. The number of benzene rings is 2. The molecular formula is C21H25NO5. The fraction of sp³-hybridized carbons (Fsp3) is 0.333. The van der Waals surface area contributed by atoms with Crippen LogP contribution >= 0.6 is 0 Å². The van der Waals surface area contributed by atoms with Gasteiger partial charge in [0.1, 0.15) is 0 Å². The molecule has 0 bridgehead atoms. The van der Waals surface area contributed by atoms with Gasteiger partial charge in [-0.15, -0.1) is 0 Å². The van der Waals surface area contributed by atoms with Crippen molar-refractivity contribution in [2.45, 2.75) is 32.2 Å². The van der Waals surface area contributed by atoms with Crippen molar-refractivity contribution in [3.05, 3.63) is 59.7 Å². The normalized spacial score (nSPS) is 10.3. The molecule has 27 heavy (non-hydrogen) atoms. The molecule has 0 unspecified atom stereocenters. The molecule has 0 heterocycles. The van der Waals surface area contributed by atoms with Crippen LogP contribution in [-0.4, -0.2) is 30.7 Å². The minimum Gasteiger partial charge on any atom is -0.493 e. The van der Waals surface area contributed by atoms with Gasteiger partial charge in [-0.25, -0.2) is 0 Å². The van der Waals surface area contributed by atoms with E-state index < -0.39 is 5.97 Å². The maximum Gasteiger partial charge on any atom is 0.303 e. The van der Waals surface area contributed by atoms with Gasteiger partial charge in [-0.3, -0.25) is 9.59 Å². The van der Waals surface area contributed by atoms with E-state index in [4.69, 9.17) is 14.6 Å². The molecule has 2 N–H and O–H groups in total. The van der Waals surface area contributed by atoms with Crippen molar-refractivity contribution >= 4 is 11.9 Å². The second kappa shape index (κ2) is 10.9. The molecule has 144 valence electrons. The van der Waals surface area contributed by atoms with Crippen LogP contribution in [0.5, 0.6) is 11.5 Å². The van der Waals surface area contributed by atoms with E-state index in [-0.39, 0.29) is 18.7 Å². The zero-order chi connectivity index (χ0) is 19.5. The average molecular weight is 371 g/mol. The molecule has 0 spiro atoms. The van der Waals surface area contributed by atoms with Crippen molar-refractivity contribution in [3.8, 4) is 11.5 Å². The van der Waals surface area contributed by atoms with Crippen molar-refractivity contribution in [2.75, 3.05) is 13.7 Å². The highest BCUT2D eigenvalue weighted by molar-refractivity contribution is 5.80. The number of carbonyl (C=O) groups excluding carboxylic acids is 1. The highest BCUT2D eigenvalue weighted by Crippen LogP contribution is 2.28. The number of carboxylic acid groups (broad SMARTS) is 1. The first-order valence-corrected chi connectivity index (χ1v) is 8.90. The number of aryl methyl sites for hydroxylation is 1. The lowest BCUT2D eigenvalue weighted by molar-refractivity contribution is -0.138. The number of nitrogens with one attached hydrogen (secondary N) is 1. The molecular weight excluding hydrogens is 346 g/mol. The molecule has 0 saturated heterocycles. The van der Waals surface area contributed by atoms with Crippen LogP contribution in [0.1, 0.15) is 30.4 Å². The van der Waals surface area contributed by atoms with E-state index >= 15 is 0 Å². The fourth-order valence-corrected chi connectivity index (χ4v) is 2.56. The molecule has 2 aromatic rings. The monoisotopic (exact) mass is 371 g/mol. The van der Waals surface area contributed by atoms with E-state index in [1.54, 1.807) is 13.2 Å². The zero-order valence-electron chi connectivity index (χ0n) is 15.4. The van der Waals surface area contributed by atoms with Crippen LogP contribution in [-0.2, 0) is 22.6 Å². The Kier molecular flexibility index (Phi) is 8.16. The van der Waals surface area contributed by atoms with Gasteiger partial charge in [-0.05, 0) is 36.1 Å². The van der Waals surface area contributed by atoms with Gasteiger partial charge in [0.05, 0.1) is 20.1 Å². The molecule has 6 heteroatoms. The zero-order valence-corrected chi connectivity index (χ0v) is 15.4. The van der Waals surface area contributed by atoms with Gasteiger partial charge >= 0.3 is 5.97 Å². The Balaban J connectivity index is 1.84. The summed E-state index contributed by atoms with van der Waals surface area (Å²) in [4.78, 5) is 22.1. The standard InChI is InChI=1S/C21H25NO5/c1-26-18-10-9-17(15-22-20(23)11-12-21(24)25)14-19(18)27-13-5-8-16-6-3-2-4-7-16/h2-4,6-7,9-10,14H,5,8,11-13,15H2,1H3,(H,22,23)(H,24,25). The molecule has 0 aromatic heterocycles. The van der Waals surface area contributed by atoms with Gasteiger partial charge in [0.15, 0.2) is 11.5 Å². The number of aliphatic carboxylic acids is 1. The van der Waals surface area contributed by atoms with E-state index in [0.717, 1.165) is 18.4 Å². The smallest absolute Gasteiger partial charge is 0.303 e. The highest BCUT2D eigenvalue weighted by Gasteiger charge is 2.08. The molecule has 2 rings (SSSR count). The van der Waals surface area contributed by atoms with Crippen molar-refractivity contribution in [2.24, 2.45) is 0 Å². The van der Waals surface area contributed by atoms with Crippen LogP contribution < -0.4 is 14.8 Å². The van der Waals surface area contributed by atoms with Crippen LogP contribution in [0, 0.1) is 0 Å². The maximum absolute atomic E-state index is 11.6. The number of rotatable bonds is 11. The first kappa shape index (κ1) is 20.3. The Morgan fingerprint density at radius 3 is 2.48 bits per heavy atom. The van der Waals surface area contributed by atoms with Crippen LogP contribution in [0.3, 0.4) is 0 Å². The fourth-order valence-electron chi connectivity index (χ4n) is 2.56. The van der Waals surface area contributed by atoms with Crippen LogP contribution in [0.25, 0.3) is 0 Å². The number of methoxy groups -OCH3 is 1. The second-order valence-electron chi connectivity index (χ2n) is 6.09. The van der Waals surface area contributed by atoms with Gasteiger partial charge in [0, 0.05) is 13.0 Å². The Morgan fingerprint density at radius 1 is 1.00 bits per heavy atom. The van der Waals surface area contributed by atoms with Gasteiger partial charge in [0.2, 0.25) is 5.91 Å². The number of hydrogen-bond donors (Lipinski definition) is 2. The summed E-state index contributed by atoms with van der Waals surface area (Å²) in [5.74, 6) is -0.0159. The Labute approximate surface area is 159 Å². The van der Waals surface area contributed by atoms with Gasteiger partial charge in [-0.2, -0.15) is 0 Å². The summed E-state index contributed by atoms with van der Waals surface area (Å²) in [6.07, 6.45) is 1.60. The number of carboxylic acids is 1.